The average molecular weight is 529 g/mol. The normalized spacial score (nSPS) is 20.4. The number of likely N-dealkylation sites (tertiary alicyclic amines) is 1. The summed E-state index contributed by atoms with van der Waals surface area (Å²) < 4.78 is 6.30. The van der Waals surface area contributed by atoms with Gasteiger partial charge in [0.2, 0.25) is 0 Å². The monoisotopic (exact) mass is 528 g/mol. The summed E-state index contributed by atoms with van der Waals surface area (Å²) in [6.07, 6.45) is 5.23. The molecule has 0 amide bonds. The van der Waals surface area contributed by atoms with Gasteiger partial charge < -0.3 is 19.4 Å². The molecule has 3 aromatic rings. The summed E-state index contributed by atoms with van der Waals surface area (Å²) in [7, 11) is 2.18. The number of fused-ring (bicyclic) bond motifs is 2. The van der Waals surface area contributed by atoms with Crippen molar-refractivity contribution in [3.63, 3.8) is 0 Å². The Balaban J connectivity index is 1.32. The molecule has 2 fully saturated rings. The number of hydrogen-bond donors (Lipinski definition) is 0. The van der Waals surface area contributed by atoms with E-state index in [2.05, 4.69) is 75.2 Å². The van der Waals surface area contributed by atoms with Crippen LogP contribution in [0.3, 0.4) is 0 Å². The van der Waals surface area contributed by atoms with E-state index in [1.807, 2.05) is 0 Å². The Morgan fingerprint density at radius 1 is 1.03 bits per heavy atom. The maximum absolute atomic E-state index is 6.30. The number of thiocarbonyl (C=S) groups is 1. The summed E-state index contributed by atoms with van der Waals surface area (Å²) in [4.78, 5) is 21.6. The van der Waals surface area contributed by atoms with Crippen molar-refractivity contribution in [1.82, 2.24) is 14.9 Å². The number of piperidine rings is 1. The Morgan fingerprint density at radius 2 is 1.84 bits per heavy atom. The molecule has 2 aromatic carbocycles. The molecule has 3 aliphatic heterocycles. The van der Waals surface area contributed by atoms with Crippen LogP contribution in [0.5, 0.6) is 6.01 Å². The second-order valence-electron chi connectivity index (χ2n) is 10.9. The third kappa shape index (κ3) is 5.00. The quantitative estimate of drug-likeness (QED) is 0.328. The minimum atomic E-state index is 0.264. The zero-order valence-electron chi connectivity index (χ0n) is 22.4. The lowest BCUT2D eigenvalue weighted by Gasteiger charge is -2.36. The van der Waals surface area contributed by atoms with Crippen LogP contribution in [0, 0.1) is 6.92 Å². The third-order valence-corrected chi connectivity index (χ3v) is 8.64. The van der Waals surface area contributed by atoms with E-state index in [0.29, 0.717) is 18.7 Å². The first-order chi connectivity index (χ1) is 18.6. The second kappa shape index (κ2) is 11.0. The smallest absolute Gasteiger partial charge is 0.318 e. The van der Waals surface area contributed by atoms with Gasteiger partial charge in [-0.1, -0.05) is 30.3 Å². The number of aryl methyl sites for hydroxylation is 1. The molecule has 3 aliphatic rings. The first-order valence-corrected chi connectivity index (χ1v) is 14.3. The van der Waals surface area contributed by atoms with Crippen LogP contribution < -0.4 is 14.5 Å². The Labute approximate surface area is 230 Å². The largest absolute Gasteiger partial charge is 0.462 e. The number of nitrogens with zero attached hydrogens (tertiary/aromatic N) is 6. The van der Waals surface area contributed by atoms with E-state index in [1.54, 1.807) is 0 Å². The molecule has 0 aliphatic carbocycles. The van der Waals surface area contributed by atoms with Crippen LogP contribution in [0.15, 0.2) is 41.4 Å². The highest BCUT2D eigenvalue weighted by Gasteiger charge is 2.29. The Kier molecular flexibility index (Phi) is 7.28. The van der Waals surface area contributed by atoms with Gasteiger partial charge in [-0.05, 0) is 81.9 Å². The van der Waals surface area contributed by atoms with Crippen LogP contribution in [0.2, 0.25) is 0 Å². The predicted octanol–water partition coefficient (Wildman–Crippen LogP) is 5.05. The molecule has 1 atom stereocenters. The van der Waals surface area contributed by atoms with Gasteiger partial charge >= 0.3 is 6.01 Å². The summed E-state index contributed by atoms with van der Waals surface area (Å²) in [5.41, 5.74) is 4.93. The second-order valence-corrected chi connectivity index (χ2v) is 11.1. The highest BCUT2D eigenvalue weighted by atomic mass is 32.1. The highest BCUT2D eigenvalue weighted by Crippen LogP contribution is 2.36. The molecule has 6 rings (SSSR count). The van der Waals surface area contributed by atoms with Gasteiger partial charge in [-0.25, -0.2) is 4.99 Å². The summed E-state index contributed by atoms with van der Waals surface area (Å²) >= 11 is 4.85. The summed E-state index contributed by atoms with van der Waals surface area (Å²) in [5, 5.41) is 5.18. The number of anilines is 2. The van der Waals surface area contributed by atoms with Crippen molar-refractivity contribution in [2.45, 2.75) is 57.7 Å². The topological polar surface area (TPSA) is 57.1 Å². The van der Waals surface area contributed by atoms with Crippen LogP contribution in [0.1, 0.15) is 42.5 Å². The maximum atomic E-state index is 6.30. The minimum absolute atomic E-state index is 0.264. The van der Waals surface area contributed by atoms with Crippen LogP contribution >= 0.6 is 12.2 Å². The molecule has 4 heterocycles. The lowest BCUT2D eigenvalue weighted by molar-refractivity contribution is 0.187. The van der Waals surface area contributed by atoms with E-state index in [1.165, 1.54) is 34.0 Å². The zero-order valence-corrected chi connectivity index (χ0v) is 23.2. The van der Waals surface area contributed by atoms with E-state index in [-0.39, 0.29) is 6.04 Å². The molecule has 2 saturated heterocycles. The number of ether oxygens (including phenoxy) is 1. The van der Waals surface area contributed by atoms with E-state index < -0.39 is 0 Å². The van der Waals surface area contributed by atoms with Gasteiger partial charge in [0.1, 0.15) is 12.4 Å². The first kappa shape index (κ1) is 25.2. The fourth-order valence-corrected chi connectivity index (χ4v) is 6.48. The molecule has 8 heteroatoms. The van der Waals surface area contributed by atoms with Crippen molar-refractivity contribution >= 4 is 39.7 Å². The minimum Gasteiger partial charge on any atom is -0.462 e. The number of isothiocyanates is 1. The number of benzene rings is 2. The fraction of sp³-hybridized carbons (Fsp3) is 0.500. The molecule has 0 N–H and O–H groups in total. The zero-order chi connectivity index (χ0) is 26.1. The highest BCUT2D eigenvalue weighted by molar-refractivity contribution is 7.78. The average Bonchev–Trinajstić information content (AvgIpc) is 3.36. The van der Waals surface area contributed by atoms with E-state index >= 15 is 0 Å². The van der Waals surface area contributed by atoms with E-state index in [9.17, 15) is 0 Å². The number of aliphatic imine (C=N–C) groups is 1. The summed E-state index contributed by atoms with van der Waals surface area (Å²) in [5.74, 6) is 1.04. The summed E-state index contributed by atoms with van der Waals surface area (Å²) in [6.45, 7) is 7.47. The molecule has 1 aromatic heterocycles. The van der Waals surface area contributed by atoms with E-state index in [0.717, 1.165) is 69.9 Å². The van der Waals surface area contributed by atoms with Crippen LogP contribution in [0.25, 0.3) is 10.8 Å². The lowest BCUT2D eigenvalue weighted by atomic mass is 9.99. The van der Waals surface area contributed by atoms with Crippen molar-refractivity contribution in [1.29, 1.82) is 0 Å². The van der Waals surface area contributed by atoms with Gasteiger partial charge in [-0.15, -0.1) is 0 Å². The number of likely N-dealkylation sites (N-methyl/N-ethyl adjacent to an activating group) is 1. The SMILES string of the molecule is Cc1cccc2cccc(N3CCc4c(nc(OCC5CCCN5C)nc4N4CCC(N=C=S)CC4)C3)c12. The van der Waals surface area contributed by atoms with Gasteiger partial charge in [0.15, 0.2) is 0 Å². The van der Waals surface area contributed by atoms with Crippen molar-refractivity contribution in [2.24, 2.45) is 4.99 Å². The predicted molar refractivity (Wildman–Crippen MR) is 157 cm³/mol. The van der Waals surface area contributed by atoms with Crippen molar-refractivity contribution in [3.05, 3.63) is 53.2 Å². The molecule has 1 unspecified atom stereocenters. The maximum Gasteiger partial charge on any atom is 0.318 e. The van der Waals surface area contributed by atoms with Crippen molar-refractivity contribution in [2.75, 3.05) is 49.6 Å². The number of rotatable bonds is 6. The van der Waals surface area contributed by atoms with Gasteiger partial charge in [-0.2, -0.15) is 9.97 Å². The molecule has 0 bridgehead atoms. The van der Waals surface area contributed by atoms with Crippen molar-refractivity contribution in [3.8, 4) is 6.01 Å². The molecule has 0 spiro atoms. The standard InChI is InChI=1S/C30H36N6OS/c1-21-6-3-7-22-8-4-10-27(28(21)22)36-17-13-25-26(18-36)32-30(37-19-24-9-5-14-34(24)2)33-29(25)35-15-11-23(12-16-35)31-20-38/h3-4,6-8,10,23-24H,5,9,11-19H2,1-2H3. The Hall–Kier alpha value is -3.06. The van der Waals surface area contributed by atoms with Gasteiger partial charge in [0.25, 0.3) is 0 Å². The molecular formula is C30H36N6OS. The fourth-order valence-electron chi connectivity index (χ4n) is 6.33. The molecule has 0 radical (unpaired) electrons. The van der Waals surface area contributed by atoms with E-state index in [4.69, 9.17) is 26.9 Å². The number of aromatic nitrogens is 2. The Morgan fingerprint density at radius 3 is 2.61 bits per heavy atom. The Bertz CT molecular complexity index is 1360. The van der Waals surface area contributed by atoms with Gasteiger partial charge in [0.05, 0.1) is 23.4 Å². The first-order valence-electron chi connectivity index (χ1n) is 13.9. The van der Waals surface area contributed by atoms with Crippen LogP contribution in [-0.2, 0) is 13.0 Å². The molecule has 0 saturated carbocycles. The third-order valence-electron chi connectivity index (χ3n) is 8.53. The summed E-state index contributed by atoms with van der Waals surface area (Å²) in [6, 6.07) is 14.4. The molecular weight excluding hydrogens is 492 g/mol. The molecule has 38 heavy (non-hydrogen) atoms. The van der Waals surface area contributed by atoms with Gasteiger partial charge in [0, 0.05) is 42.3 Å². The van der Waals surface area contributed by atoms with Crippen LogP contribution in [-0.4, -0.2) is 71.9 Å². The molecule has 7 nitrogen and oxygen atoms in total. The van der Waals surface area contributed by atoms with Gasteiger partial charge in [-0.3, -0.25) is 0 Å². The number of hydrogen-bond acceptors (Lipinski definition) is 8. The van der Waals surface area contributed by atoms with Crippen molar-refractivity contribution < 1.29 is 4.74 Å². The lowest BCUT2D eigenvalue weighted by Crippen LogP contribution is -2.39. The molecule has 198 valence electrons. The van der Waals surface area contributed by atoms with Crippen LogP contribution in [0.4, 0.5) is 11.5 Å².